The van der Waals surface area contributed by atoms with Gasteiger partial charge in [0.15, 0.2) is 0 Å². The molecule has 2 aliphatic heterocycles. The molecule has 2 heterocycles. The maximum atomic E-state index is 12.5. The number of hydrogen-bond acceptors (Lipinski definition) is 4. The number of fused-ring (bicyclic) bond motifs is 1. The first-order chi connectivity index (χ1) is 9.52. The number of nitrogens with zero attached hydrogens (tertiary/aromatic N) is 2. The zero-order chi connectivity index (χ0) is 14.7. The molecular formula is C14H25N3O2S. The van der Waals surface area contributed by atoms with Gasteiger partial charge < -0.3 is 15.1 Å². The molecule has 2 rings (SSSR count). The van der Waals surface area contributed by atoms with E-state index in [2.05, 4.69) is 29.9 Å². The Balaban J connectivity index is 1.96. The zero-order valence-electron chi connectivity index (χ0n) is 12.3. The Labute approximate surface area is 126 Å². The summed E-state index contributed by atoms with van der Waals surface area (Å²) in [6, 6.07) is 0.122. The van der Waals surface area contributed by atoms with Gasteiger partial charge in [-0.25, -0.2) is 0 Å². The summed E-state index contributed by atoms with van der Waals surface area (Å²) in [6.45, 7) is 4.21. The van der Waals surface area contributed by atoms with Crippen LogP contribution < -0.4 is 5.32 Å². The summed E-state index contributed by atoms with van der Waals surface area (Å²) in [6.07, 6.45) is 3.44. The van der Waals surface area contributed by atoms with Crippen LogP contribution in [0.5, 0.6) is 0 Å². The van der Waals surface area contributed by atoms with Crippen LogP contribution in [0.4, 0.5) is 0 Å². The molecule has 3 atom stereocenters. The van der Waals surface area contributed by atoms with Crippen molar-refractivity contribution in [2.24, 2.45) is 5.92 Å². The maximum absolute atomic E-state index is 12.5. The number of rotatable bonds is 3. The average Bonchev–Trinajstić information content (AvgIpc) is 2.43. The first kappa shape index (κ1) is 15.6. The lowest BCUT2D eigenvalue weighted by Gasteiger charge is -2.46. The number of amides is 2. The molecule has 0 aromatic heterocycles. The van der Waals surface area contributed by atoms with Crippen LogP contribution in [0.3, 0.4) is 0 Å². The molecule has 2 aliphatic rings. The summed E-state index contributed by atoms with van der Waals surface area (Å²) in [5.41, 5.74) is 0. The Kier molecular flexibility index (Phi) is 5.32. The van der Waals surface area contributed by atoms with Crippen molar-refractivity contribution in [2.45, 2.75) is 38.3 Å². The molecule has 0 bridgehead atoms. The van der Waals surface area contributed by atoms with Crippen LogP contribution >= 0.6 is 12.6 Å². The van der Waals surface area contributed by atoms with Gasteiger partial charge in [0.2, 0.25) is 11.8 Å². The van der Waals surface area contributed by atoms with E-state index in [1.807, 2.05) is 4.90 Å². The van der Waals surface area contributed by atoms with Gasteiger partial charge in [-0.15, -0.1) is 0 Å². The largest absolute Gasteiger partial charge is 0.344 e. The van der Waals surface area contributed by atoms with E-state index in [9.17, 15) is 9.59 Å². The summed E-state index contributed by atoms with van der Waals surface area (Å²) >= 11 is 4.19. The van der Waals surface area contributed by atoms with Gasteiger partial charge in [0.05, 0.1) is 0 Å². The van der Waals surface area contributed by atoms with Gasteiger partial charge in [-0.1, -0.05) is 0 Å². The van der Waals surface area contributed by atoms with Gasteiger partial charge in [-0.05, 0) is 38.8 Å². The molecule has 3 unspecified atom stereocenters. The highest BCUT2D eigenvalue weighted by molar-refractivity contribution is 7.80. The predicted molar refractivity (Wildman–Crippen MR) is 81.8 cm³/mol. The lowest BCUT2D eigenvalue weighted by molar-refractivity contribution is -0.138. The molecule has 2 fully saturated rings. The minimum atomic E-state index is -0.492. The second-order valence-electron chi connectivity index (χ2n) is 5.96. The van der Waals surface area contributed by atoms with Gasteiger partial charge >= 0.3 is 0 Å². The predicted octanol–water partition coefficient (Wildman–Crippen LogP) is 0.364. The van der Waals surface area contributed by atoms with Crippen molar-refractivity contribution in [2.75, 3.05) is 32.4 Å². The van der Waals surface area contributed by atoms with E-state index in [4.69, 9.17) is 0 Å². The van der Waals surface area contributed by atoms with E-state index < -0.39 is 6.04 Å². The zero-order valence-corrected chi connectivity index (χ0v) is 13.2. The van der Waals surface area contributed by atoms with Crippen LogP contribution in [-0.2, 0) is 9.59 Å². The molecule has 6 heteroatoms. The summed E-state index contributed by atoms with van der Waals surface area (Å²) in [7, 11) is 2.18. The molecule has 114 valence electrons. The average molecular weight is 299 g/mol. The molecule has 0 saturated carbocycles. The lowest BCUT2D eigenvalue weighted by atomic mass is 9.84. The number of carbonyl (C=O) groups is 2. The van der Waals surface area contributed by atoms with E-state index in [1.54, 1.807) is 0 Å². The van der Waals surface area contributed by atoms with Crippen molar-refractivity contribution in [1.29, 1.82) is 0 Å². The quantitative estimate of drug-likeness (QED) is 0.740. The van der Waals surface area contributed by atoms with Crippen LogP contribution in [0.25, 0.3) is 0 Å². The van der Waals surface area contributed by atoms with Crippen molar-refractivity contribution in [1.82, 2.24) is 15.1 Å². The number of likely N-dealkylation sites (tertiary alicyclic amines) is 2. The summed E-state index contributed by atoms with van der Waals surface area (Å²) in [4.78, 5) is 28.0. The van der Waals surface area contributed by atoms with Crippen molar-refractivity contribution in [3.05, 3.63) is 0 Å². The number of thiol groups is 1. The minimum Gasteiger partial charge on any atom is -0.344 e. The first-order valence-corrected chi connectivity index (χ1v) is 8.03. The summed E-state index contributed by atoms with van der Waals surface area (Å²) in [5.74, 6) is 0.763. The third kappa shape index (κ3) is 3.47. The summed E-state index contributed by atoms with van der Waals surface area (Å²) < 4.78 is 0. The molecule has 1 N–H and O–H groups in total. The Hall–Kier alpha value is -0.750. The fourth-order valence-electron chi connectivity index (χ4n) is 3.50. The fourth-order valence-corrected chi connectivity index (χ4v) is 3.75. The van der Waals surface area contributed by atoms with Crippen LogP contribution in [0.15, 0.2) is 0 Å². The Morgan fingerprint density at radius 1 is 1.35 bits per heavy atom. The number of piperidine rings is 2. The van der Waals surface area contributed by atoms with Crippen LogP contribution in [0, 0.1) is 5.92 Å². The number of nitrogens with one attached hydrogen (secondary N) is 1. The molecule has 0 radical (unpaired) electrons. The van der Waals surface area contributed by atoms with Crippen molar-refractivity contribution >= 4 is 24.4 Å². The van der Waals surface area contributed by atoms with E-state index in [0.717, 1.165) is 19.5 Å². The minimum absolute atomic E-state index is 0.0156. The molecule has 2 amide bonds. The summed E-state index contributed by atoms with van der Waals surface area (Å²) in [5, 5.41) is 2.69. The van der Waals surface area contributed by atoms with E-state index in [0.29, 0.717) is 17.7 Å². The standard InChI is InChI=1S/C14H25N3O2S/c1-10(18)15-12(9-20)14(19)17-7-5-13-11(8-17)4-3-6-16(13)2/h11-13,20H,3-9H2,1-2H3,(H,15,18). The van der Waals surface area contributed by atoms with Crippen molar-refractivity contribution < 1.29 is 9.59 Å². The highest BCUT2D eigenvalue weighted by atomic mass is 32.1. The van der Waals surface area contributed by atoms with Crippen molar-refractivity contribution in [3.8, 4) is 0 Å². The Morgan fingerprint density at radius 2 is 2.10 bits per heavy atom. The van der Waals surface area contributed by atoms with Crippen molar-refractivity contribution in [3.63, 3.8) is 0 Å². The second kappa shape index (κ2) is 6.80. The topological polar surface area (TPSA) is 52.7 Å². The molecule has 0 spiro atoms. The molecule has 0 aromatic rings. The third-order valence-corrected chi connectivity index (χ3v) is 4.88. The monoisotopic (exact) mass is 299 g/mol. The van der Waals surface area contributed by atoms with Gasteiger partial charge in [-0.2, -0.15) is 12.6 Å². The van der Waals surface area contributed by atoms with E-state index in [1.165, 1.54) is 26.3 Å². The highest BCUT2D eigenvalue weighted by Gasteiger charge is 2.37. The maximum Gasteiger partial charge on any atom is 0.246 e. The van der Waals surface area contributed by atoms with E-state index in [-0.39, 0.29) is 11.8 Å². The SMILES string of the molecule is CC(=O)NC(CS)C(=O)N1CCC2C(CCCN2C)C1. The molecule has 0 aromatic carbocycles. The van der Waals surface area contributed by atoms with Gasteiger partial charge in [0.1, 0.15) is 6.04 Å². The fraction of sp³-hybridized carbons (Fsp3) is 0.857. The van der Waals surface area contributed by atoms with Crippen LogP contribution in [-0.4, -0.2) is 66.1 Å². The third-order valence-electron chi connectivity index (χ3n) is 4.52. The second-order valence-corrected chi connectivity index (χ2v) is 6.32. The lowest BCUT2D eigenvalue weighted by Crippen LogP contribution is -2.57. The molecule has 2 saturated heterocycles. The smallest absolute Gasteiger partial charge is 0.246 e. The first-order valence-electron chi connectivity index (χ1n) is 7.40. The molecule has 20 heavy (non-hydrogen) atoms. The van der Waals surface area contributed by atoms with Gasteiger partial charge in [0, 0.05) is 31.8 Å². The molecule has 5 nitrogen and oxygen atoms in total. The van der Waals surface area contributed by atoms with E-state index >= 15 is 0 Å². The molecular weight excluding hydrogens is 274 g/mol. The van der Waals surface area contributed by atoms with Gasteiger partial charge in [0.25, 0.3) is 0 Å². The molecule has 0 aliphatic carbocycles. The van der Waals surface area contributed by atoms with Crippen LogP contribution in [0.2, 0.25) is 0 Å². The number of hydrogen-bond donors (Lipinski definition) is 2. The normalized spacial score (nSPS) is 28.6. The van der Waals surface area contributed by atoms with Crippen LogP contribution in [0.1, 0.15) is 26.2 Å². The Bertz CT molecular complexity index is 377. The van der Waals surface area contributed by atoms with Gasteiger partial charge in [-0.3, -0.25) is 9.59 Å². The number of carbonyl (C=O) groups excluding carboxylic acids is 2. The Morgan fingerprint density at radius 3 is 2.75 bits per heavy atom. The highest BCUT2D eigenvalue weighted by Crippen LogP contribution is 2.29.